The number of amides is 1. The molecule has 0 N–H and O–H groups in total. The molecule has 1 atom stereocenters. The van der Waals surface area contributed by atoms with Crippen LogP contribution in [-0.2, 0) is 6.54 Å². The van der Waals surface area contributed by atoms with Crippen molar-refractivity contribution in [3.8, 4) is 0 Å². The molecule has 0 aliphatic carbocycles. The van der Waals surface area contributed by atoms with Crippen molar-refractivity contribution in [1.29, 1.82) is 0 Å². The first kappa shape index (κ1) is 19.2. The molecule has 5 rings (SSSR count). The molecule has 7 nitrogen and oxygen atoms in total. The first-order valence-corrected chi connectivity index (χ1v) is 10.1. The van der Waals surface area contributed by atoms with E-state index in [1.807, 2.05) is 42.5 Å². The summed E-state index contributed by atoms with van der Waals surface area (Å²) in [5, 5.41) is 0. The number of rotatable bonds is 4. The zero-order valence-corrected chi connectivity index (χ0v) is 16.7. The Kier molecular flexibility index (Phi) is 4.82. The molecular weight excluding hydrogens is 397 g/mol. The van der Waals surface area contributed by atoms with Gasteiger partial charge in [-0.2, -0.15) is 0 Å². The molecule has 1 aliphatic heterocycles. The fraction of sp³-hybridized carbons (Fsp3) is 0.217. The maximum atomic E-state index is 13.4. The van der Waals surface area contributed by atoms with Crippen molar-refractivity contribution >= 4 is 17.1 Å². The van der Waals surface area contributed by atoms with E-state index in [9.17, 15) is 14.0 Å². The van der Waals surface area contributed by atoms with E-state index in [1.54, 1.807) is 20.2 Å². The second-order valence-corrected chi connectivity index (χ2v) is 7.63. The van der Waals surface area contributed by atoms with Crippen LogP contribution in [0.25, 0.3) is 11.2 Å². The number of carbonyl (C=O) groups excluding carboxylic acids is 1. The lowest BCUT2D eigenvalue weighted by Crippen LogP contribution is -2.32. The Balaban J connectivity index is 1.47. The van der Waals surface area contributed by atoms with E-state index in [4.69, 9.17) is 0 Å². The largest absolute Gasteiger partial charge is 0.335 e. The molecule has 0 bridgehead atoms. The van der Waals surface area contributed by atoms with Gasteiger partial charge in [0.15, 0.2) is 5.65 Å². The minimum Gasteiger partial charge on any atom is -0.335 e. The summed E-state index contributed by atoms with van der Waals surface area (Å²) >= 11 is 0. The van der Waals surface area contributed by atoms with Crippen molar-refractivity contribution in [2.45, 2.75) is 19.0 Å². The van der Waals surface area contributed by atoms with Gasteiger partial charge in [0.2, 0.25) is 0 Å². The van der Waals surface area contributed by atoms with Gasteiger partial charge in [0.25, 0.3) is 5.91 Å². The van der Waals surface area contributed by atoms with Crippen LogP contribution in [-0.4, -0.2) is 43.0 Å². The van der Waals surface area contributed by atoms with E-state index >= 15 is 0 Å². The molecule has 0 radical (unpaired) electrons. The van der Waals surface area contributed by atoms with Crippen molar-refractivity contribution in [2.24, 2.45) is 0 Å². The van der Waals surface area contributed by atoms with Gasteiger partial charge in [-0.25, -0.2) is 19.2 Å². The summed E-state index contributed by atoms with van der Waals surface area (Å²) in [6, 6.07) is 15.9. The zero-order valence-electron chi connectivity index (χ0n) is 16.7. The number of carbonyl (C=O) groups is 1. The van der Waals surface area contributed by atoms with Gasteiger partial charge >= 0.3 is 5.69 Å². The van der Waals surface area contributed by atoms with Crippen LogP contribution >= 0.6 is 0 Å². The van der Waals surface area contributed by atoms with Crippen molar-refractivity contribution in [3.05, 3.63) is 94.5 Å². The van der Waals surface area contributed by atoms with Crippen molar-refractivity contribution in [1.82, 2.24) is 24.0 Å². The van der Waals surface area contributed by atoms with E-state index in [-0.39, 0.29) is 23.3 Å². The fourth-order valence-corrected chi connectivity index (χ4v) is 4.16. The van der Waals surface area contributed by atoms with Gasteiger partial charge in [-0.05, 0) is 36.2 Å². The number of hydrogen-bond acceptors (Lipinski definition) is 4. The molecule has 4 aromatic rings. The molecule has 1 aromatic carbocycles. The molecular formula is C23H20FN5O2. The van der Waals surface area contributed by atoms with Crippen LogP contribution in [0.15, 0.2) is 71.8 Å². The predicted molar refractivity (Wildman–Crippen MR) is 113 cm³/mol. The summed E-state index contributed by atoms with van der Waals surface area (Å²) in [6.45, 7) is 1.32. The van der Waals surface area contributed by atoms with Crippen molar-refractivity contribution in [2.75, 3.05) is 13.1 Å². The predicted octanol–water partition coefficient (Wildman–Crippen LogP) is 2.87. The highest BCUT2D eigenvalue weighted by Gasteiger charge is 2.31. The molecule has 0 saturated carbocycles. The number of pyridine rings is 2. The molecule has 3 aromatic heterocycles. The second kappa shape index (κ2) is 7.79. The smallest absolute Gasteiger partial charge is 0.330 e. The fourth-order valence-electron chi connectivity index (χ4n) is 4.16. The Hall–Kier alpha value is -3.81. The monoisotopic (exact) mass is 417 g/mol. The Labute approximate surface area is 177 Å². The van der Waals surface area contributed by atoms with Crippen LogP contribution in [0.1, 0.15) is 28.5 Å². The third-order valence-corrected chi connectivity index (χ3v) is 5.67. The Bertz CT molecular complexity index is 1300. The normalized spacial score (nSPS) is 16.2. The lowest BCUT2D eigenvalue weighted by molar-refractivity contribution is 0.0781. The third kappa shape index (κ3) is 3.50. The summed E-state index contributed by atoms with van der Waals surface area (Å²) in [5.74, 6) is -0.753. The summed E-state index contributed by atoms with van der Waals surface area (Å²) in [6.07, 6.45) is 3.34. The molecule has 1 fully saturated rings. The Morgan fingerprint density at radius 1 is 1.06 bits per heavy atom. The molecule has 1 amide bonds. The highest BCUT2D eigenvalue weighted by Crippen LogP contribution is 2.25. The van der Waals surface area contributed by atoms with Crippen LogP contribution in [0.2, 0.25) is 0 Å². The number of nitrogens with zero attached hydrogens (tertiary/aromatic N) is 5. The molecule has 31 heavy (non-hydrogen) atoms. The zero-order chi connectivity index (χ0) is 21.4. The van der Waals surface area contributed by atoms with E-state index < -0.39 is 5.82 Å². The van der Waals surface area contributed by atoms with E-state index in [2.05, 4.69) is 9.97 Å². The number of aromatic nitrogens is 4. The average molecular weight is 417 g/mol. The summed E-state index contributed by atoms with van der Waals surface area (Å²) in [7, 11) is 0. The van der Waals surface area contributed by atoms with Crippen LogP contribution in [0.5, 0.6) is 0 Å². The van der Waals surface area contributed by atoms with Crippen molar-refractivity contribution < 1.29 is 9.18 Å². The summed E-state index contributed by atoms with van der Waals surface area (Å²) in [5.41, 5.74) is 2.46. The lowest BCUT2D eigenvalue weighted by atomic mass is 10.2. The van der Waals surface area contributed by atoms with Crippen LogP contribution < -0.4 is 5.69 Å². The number of likely N-dealkylation sites (tertiary alicyclic amines) is 1. The average Bonchev–Trinajstić information content (AvgIpc) is 3.38. The number of hydrogen-bond donors (Lipinski definition) is 0. The minimum atomic E-state index is -0.486. The highest BCUT2D eigenvalue weighted by atomic mass is 19.1. The van der Waals surface area contributed by atoms with Gasteiger partial charge < -0.3 is 4.90 Å². The third-order valence-electron chi connectivity index (χ3n) is 5.67. The molecule has 4 heterocycles. The van der Waals surface area contributed by atoms with Gasteiger partial charge in [0, 0.05) is 19.3 Å². The SMILES string of the molecule is O=C(c1ccc(F)cn1)N1CC[C@@H](n2c(=O)n(Cc3ccccc3)c3cccnc32)C1. The molecule has 0 spiro atoms. The van der Waals surface area contributed by atoms with Crippen LogP contribution in [0.4, 0.5) is 4.39 Å². The number of halogens is 1. The quantitative estimate of drug-likeness (QED) is 0.512. The maximum Gasteiger partial charge on any atom is 0.330 e. The van der Waals surface area contributed by atoms with Crippen LogP contribution in [0, 0.1) is 5.82 Å². The lowest BCUT2D eigenvalue weighted by Gasteiger charge is -2.16. The number of fused-ring (bicyclic) bond motifs is 1. The molecule has 156 valence electrons. The van der Waals surface area contributed by atoms with Gasteiger partial charge in [-0.15, -0.1) is 0 Å². The van der Waals surface area contributed by atoms with Crippen LogP contribution in [0.3, 0.4) is 0 Å². The van der Waals surface area contributed by atoms with Crippen molar-refractivity contribution in [3.63, 3.8) is 0 Å². The topological polar surface area (TPSA) is 73.0 Å². The number of imidazole rings is 1. The number of benzene rings is 1. The standard InChI is InChI=1S/C23H20FN5O2/c24-17-8-9-19(26-13-17)22(30)27-12-10-18(15-27)29-21-20(7-4-11-25-21)28(23(29)31)14-16-5-2-1-3-6-16/h1-9,11,13,18H,10,12,14-15H2/t18-/m1/s1. The molecule has 1 saturated heterocycles. The molecule has 1 aliphatic rings. The minimum absolute atomic E-state index is 0.142. The van der Waals surface area contributed by atoms with Gasteiger partial charge in [-0.3, -0.25) is 13.9 Å². The molecule has 8 heteroatoms. The molecule has 0 unspecified atom stereocenters. The second-order valence-electron chi connectivity index (χ2n) is 7.63. The first-order chi connectivity index (χ1) is 15.1. The summed E-state index contributed by atoms with van der Waals surface area (Å²) < 4.78 is 16.6. The van der Waals surface area contributed by atoms with E-state index in [0.717, 1.165) is 17.3 Å². The van der Waals surface area contributed by atoms with Gasteiger partial charge in [0.05, 0.1) is 24.3 Å². The highest BCUT2D eigenvalue weighted by molar-refractivity contribution is 5.92. The Morgan fingerprint density at radius 3 is 2.68 bits per heavy atom. The van der Waals surface area contributed by atoms with E-state index in [1.165, 1.54) is 12.1 Å². The first-order valence-electron chi connectivity index (χ1n) is 10.1. The maximum absolute atomic E-state index is 13.4. The van der Waals surface area contributed by atoms with Gasteiger partial charge in [-0.1, -0.05) is 30.3 Å². The summed E-state index contributed by atoms with van der Waals surface area (Å²) in [4.78, 5) is 36.2. The Morgan fingerprint density at radius 2 is 1.90 bits per heavy atom. The van der Waals surface area contributed by atoms with Gasteiger partial charge in [0.1, 0.15) is 11.5 Å². The van der Waals surface area contributed by atoms with E-state index in [0.29, 0.717) is 31.7 Å².